The van der Waals surface area contributed by atoms with Gasteiger partial charge in [-0.15, -0.1) is 0 Å². The lowest BCUT2D eigenvalue weighted by molar-refractivity contribution is 0.0629. The number of hydrogen-bond acceptors (Lipinski definition) is 3. The first kappa shape index (κ1) is 12.0. The molecule has 1 N–H and O–H groups in total. The van der Waals surface area contributed by atoms with Crippen LogP contribution in [-0.4, -0.2) is 21.4 Å². The summed E-state index contributed by atoms with van der Waals surface area (Å²) in [6, 6.07) is 8.00. The summed E-state index contributed by atoms with van der Waals surface area (Å²) in [5.41, 5.74) is 0.726. The number of fused-ring (bicyclic) bond motifs is 1. The van der Waals surface area contributed by atoms with Gasteiger partial charge in [-0.3, -0.25) is 0 Å². The fourth-order valence-corrected chi connectivity index (χ4v) is 1.73. The highest BCUT2D eigenvalue weighted by Gasteiger charge is 2.23. The summed E-state index contributed by atoms with van der Waals surface area (Å²) in [4.78, 5) is 0. The van der Waals surface area contributed by atoms with E-state index >= 15 is 0 Å². The zero-order valence-electron chi connectivity index (χ0n) is 10.5. The lowest BCUT2D eigenvalue weighted by Crippen LogP contribution is -2.28. The van der Waals surface area contributed by atoms with E-state index in [-0.39, 0.29) is 5.41 Å². The van der Waals surface area contributed by atoms with E-state index in [0.717, 1.165) is 16.5 Å². The molecular formula is C14H18N2O. The lowest BCUT2D eigenvalue weighted by Gasteiger charge is -2.25. The number of aliphatic hydroxyl groups excluding tert-OH is 1. The maximum atomic E-state index is 10.1. The van der Waals surface area contributed by atoms with Crippen molar-refractivity contribution in [2.24, 2.45) is 5.41 Å². The molecule has 1 unspecified atom stereocenters. The van der Waals surface area contributed by atoms with Crippen molar-refractivity contribution in [1.82, 2.24) is 10.2 Å². The Morgan fingerprint density at radius 2 is 1.94 bits per heavy atom. The molecule has 0 aliphatic heterocycles. The number of aromatic nitrogens is 2. The summed E-state index contributed by atoms with van der Waals surface area (Å²) in [5, 5.41) is 20.4. The normalized spacial score (nSPS) is 13.9. The Bertz CT molecular complexity index is 512. The van der Waals surface area contributed by atoms with Crippen LogP contribution < -0.4 is 0 Å². The number of aliphatic hydroxyl groups is 1. The molecule has 1 aromatic carbocycles. The van der Waals surface area contributed by atoms with Gasteiger partial charge in [-0.25, -0.2) is 0 Å². The van der Waals surface area contributed by atoms with Crippen LogP contribution in [0.25, 0.3) is 10.8 Å². The van der Waals surface area contributed by atoms with Gasteiger partial charge in [0.05, 0.1) is 18.0 Å². The topological polar surface area (TPSA) is 46.0 Å². The second-order valence-electron chi connectivity index (χ2n) is 5.46. The van der Waals surface area contributed by atoms with E-state index in [2.05, 4.69) is 10.2 Å². The molecular weight excluding hydrogens is 212 g/mol. The van der Waals surface area contributed by atoms with Gasteiger partial charge in [0.15, 0.2) is 0 Å². The monoisotopic (exact) mass is 230 g/mol. The van der Waals surface area contributed by atoms with Crippen molar-refractivity contribution in [1.29, 1.82) is 0 Å². The number of benzene rings is 1. The third kappa shape index (κ3) is 2.61. The van der Waals surface area contributed by atoms with Crippen LogP contribution in [0.1, 0.15) is 26.5 Å². The van der Waals surface area contributed by atoms with Gasteiger partial charge in [0, 0.05) is 17.2 Å². The fraction of sp³-hybridized carbons (Fsp3) is 0.429. The summed E-state index contributed by atoms with van der Waals surface area (Å²) in [5.74, 6) is 0. The maximum absolute atomic E-state index is 10.1. The minimum atomic E-state index is -0.414. The van der Waals surface area contributed by atoms with Crippen LogP contribution in [0.5, 0.6) is 0 Å². The Hall–Kier alpha value is -1.48. The molecule has 90 valence electrons. The van der Waals surface area contributed by atoms with Crippen molar-refractivity contribution in [2.45, 2.75) is 33.3 Å². The smallest absolute Gasteiger partial charge is 0.0735 e. The van der Waals surface area contributed by atoms with E-state index in [1.165, 1.54) is 0 Å². The van der Waals surface area contributed by atoms with Crippen molar-refractivity contribution >= 4 is 10.8 Å². The van der Waals surface area contributed by atoms with Crippen LogP contribution >= 0.6 is 0 Å². The molecule has 0 spiro atoms. The van der Waals surface area contributed by atoms with Gasteiger partial charge < -0.3 is 5.11 Å². The van der Waals surface area contributed by atoms with Gasteiger partial charge in [-0.1, -0.05) is 45.0 Å². The van der Waals surface area contributed by atoms with Gasteiger partial charge in [-0.2, -0.15) is 10.2 Å². The highest BCUT2D eigenvalue weighted by Crippen LogP contribution is 2.24. The average Bonchev–Trinajstić information content (AvgIpc) is 2.28. The highest BCUT2D eigenvalue weighted by atomic mass is 16.3. The quantitative estimate of drug-likeness (QED) is 0.862. The molecule has 0 aliphatic carbocycles. The Kier molecular flexibility index (Phi) is 3.11. The second-order valence-corrected chi connectivity index (χ2v) is 5.46. The molecule has 0 fully saturated rings. The predicted octanol–water partition coefficient (Wildman–Crippen LogP) is 2.58. The molecule has 1 atom stereocenters. The summed E-state index contributed by atoms with van der Waals surface area (Å²) < 4.78 is 0. The summed E-state index contributed by atoms with van der Waals surface area (Å²) in [7, 11) is 0. The first-order valence-corrected chi connectivity index (χ1v) is 5.86. The van der Waals surface area contributed by atoms with E-state index in [4.69, 9.17) is 0 Å². The zero-order chi connectivity index (χ0) is 12.5. The number of nitrogens with zero attached hydrogens (tertiary/aromatic N) is 2. The van der Waals surface area contributed by atoms with Crippen molar-refractivity contribution in [3.8, 4) is 0 Å². The summed E-state index contributed by atoms with van der Waals surface area (Å²) in [6.45, 7) is 6.07. The average molecular weight is 230 g/mol. The standard InChI is InChI=1S/C14H18N2O/c1-14(2,3)13(17)8-12-11-7-5-4-6-10(11)9-15-16-12/h4-7,9,13,17H,8H2,1-3H3. The predicted molar refractivity (Wildman–Crippen MR) is 68.7 cm³/mol. The van der Waals surface area contributed by atoms with Crippen LogP contribution in [0.2, 0.25) is 0 Å². The molecule has 0 amide bonds. The molecule has 1 aromatic heterocycles. The van der Waals surface area contributed by atoms with Gasteiger partial charge in [-0.05, 0) is 5.41 Å². The molecule has 0 bridgehead atoms. The van der Waals surface area contributed by atoms with Gasteiger partial charge >= 0.3 is 0 Å². The number of rotatable bonds is 2. The van der Waals surface area contributed by atoms with Crippen LogP contribution in [-0.2, 0) is 6.42 Å². The largest absolute Gasteiger partial charge is 0.392 e. The van der Waals surface area contributed by atoms with Crippen molar-refractivity contribution in [3.63, 3.8) is 0 Å². The van der Waals surface area contributed by atoms with Crippen molar-refractivity contribution < 1.29 is 5.11 Å². The van der Waals surface area contributed by atoms with Crippen LogP contribution in [0.3, 0.4) is 0 Å². The highest BCUT2D eigenvalue weighted by molar-refractivity contribution is 5.83. The molecule has 2 rings (SSSR count). The van der Waals surface area contributed by atoms with E-state index in [1.54, 1.807) is 6.20 Å². The third-order valence-corrected chi connectivity index (χ3v) is 3.03. The van der Waals surface area contributed by atoms with Crippen LogP contribution in [0.15, 0.2) is 30.5 Å². The van der Waals surface area contributed by atoms with Crippen molar-refractivity contribution in [3.05, 3.63) is 36.2 Å². The molecule has 0 saturated carbocycles. The first-order chi connectivity index (χ1) is 7.98. The second kappa shape index (κ2) is 4.41. The molecule has 1 heterocycles. The van der Waals surface area contributed by atoms with Crippen LogP contribution in [0, 0.1) is 5.41 Å². The van der Waals surface area contributed by atoms with Crippen molar-refractivity contribution in [2.75, 3.05) is 0 Å². The Morgan fingerprint density at radius 3 is 2.65 bits per heavy atom. The molecule has 3 nitrogen and oxygen atoms in total. The van der Waals surface area contributed by atoms with E-state index in [0.29, 0.717) is 6.42 Å². The molecule has 2 aromatic rings. The minimum Gasteiger partial charge on any atom is -0.392 e. The summed E-state index contributed by atoms with van der Waals surface area (Å²) >= 11 is 0. The first-order valence-electron chi connectivity index (χ1n) is 5.86. The fourth-order valence-electron chi connectivity index (χ4n) is 1.73. The maximum Gasteiger partial charge on any atom is 0.0735 e. The summed E-state index contributed by atoms with van der Waals surface area (Å²) in [6.07, 6.45) is 1.88. The SMILES string of the molecule is CC(C)(C)C(O)Cc1nncc2ccccc12. The van der Waals surface area contributed by atoms with Crippen LogP contribution in [0.4, 0.5) is 0 Å². The van der Waals surface area contributed by atoms with E-state index in [1.807, 2.05) is 45.0 Å². The lowest BCUT2D eigenvalue weighted by atomic mass is 9.86. The van der Waals surface area contributed by atoms with Gasteiger partial charge in [0.1, 0.15) is 0 Å². The molecule has 0 radical (unpaired) electrons. The Labute approximate surface area is 102 Å². The zero-order valence-corrected chi connectivity index (χ0v) is 10.5. The third-order valence-electron chi connectivity index (χ3n) is 3.03. The van der Waals surface area contributed by atoms with Gasteiger partial charge in [0.2, 0.25) is 0 Å². The molecule has 17 heavy (non-hydrogen) atoms. The molecule has 0 saturated heterocycles. The minimum absolute atomic E-state index is 0.140. The van der Waals surface area contributed by atoms with Gasteiger partial charge in [0.25, 0.3) is 0 Å². The number of hydrogen-bond donors (Lipinski definition) is 1. The Morgan fingerprint density at radius 1 is 1.24 bits per heavy atom. The molecule has 3 heteroatoms. The molecule has 0 aliphatic rings. The van der Waals surface area contributed by atoms with E-state index < -0.39 is 6.10 Å². The Balaban J connectivity index is 2.36. The van der Waals surface area contributed by atoms with E-state index in [9.17, 15) is 5.11 Å².